The van der Waals surface area contributed by atoms with Crippen LogP contribution in [0.25, 0.3) is 0 Å². The fourth-order valence-electron chi connectivity index (χ4n) is 6.02. The van der Waals surface area contributed by atoms with Crippen LogP contribution in [-0.4, -0.2) is 48.7 Å². The van der Waals surface area contributed by atoms with E-state index in [2.05, 4.69) is 23.6 Å². The first kappa shape index (κ1) is 21.9. The maximum absolute atomic E-state index is 13.7. The Morgan fingerprint density at radius 2 is 2.03 bits per heavy atom. The van der Waals surface area contributed by atoms with Crippen LogP contribution >= 0.6 is 0 Å². The van der Waals surface area contributed by atoms with Gasteiger partial charge in [0.1, 0.15) is 16.2 Å². The molecule has 4 N–H and O–H groups in total. The van der Waals surface area contributed by atoms with E-state index in [1.807, 2.05) is 4.90 Å². The normalized spacial score (nSPS) is 29.6. The van der Waals surface area contributed by atoms with E-state index in [1.54, 1.807) is 0 Å². The van der Waals surface area contributed by atoms with Crippen molar-refractivity contribution >= 4 is 33.4 Å². The molecule has 2 saturated carbocycles. The summed E-state index contributed by atoms with van der Waals surface area (Å²) >= 11 is 0. The third kappa shape index (κ3) is 3.34. The zero-order valence-electron chi connectivity index (χ0n) is 18.6. The lowest BCUT2D eigenvalue weighted by Crippen LogP contribution is -2.54. The number of nitrogens with two attached hydrogens (primary N) is 1. The van der Waals surface area contributed by atoms with Crippen molar-refractivity contribution in [3.8, 4) is 0 Å². The number of aliphatic hydroxyl groups is 1. The number of hydrogen-bond donors (Lipinski definition) is 3. The Labute approximate surface area is 192 Å². The molecule has 0 saturated heterocycles. The summed E-state index contributed by atoms with van der Waals surface area (Å²) in [5.41, 5.74) is 5.28. The van der Waals surface area contributed by atoms with Gasteiger partial charge >= 0.3 is 0 Å². The van der Waals surface area contributed by atoms with Gasteiger partial charge in [-0.3, -0.25) is 9.59 Å². The van der Waals surface area contributed by atoms with Gasteiger partial charge in [-0.25, -0.2) is 0 Å². The van der Waals surface area contributed by atoms with E-state index in [0.717, 1.165) is 25.7 Å². The summed E-state index contributed by atoms with van der Waals surface area (Å²) in [5.74, 6) is -0.851. The molecule has 0 spiro atoms. The van der Waals surface area contributed by atoms with Crippen LogP contribution in [0.4, 0.5) is 5.69 Å². The molecule has 9 nitrogen and oxygen atoms in total. The molecule has 0 unspecified atom stereocenters. The minimum atomic E-state index is -4.22. The van der Waals surface area contributed by atoms with Gasteiger partial charge in [0.15, 0.2) is 5.84 Å². The number of rotatable bonds is 5. The average molecular weight is 473 g/mol. The van der Waals surface area contributed by atoms with Gasteiger partial charge in [0.05, 0.1) is 11.3 Å². The van der Waals surface area contributed by atoms with Crippen molar-refractivity contribution in [1.29, 1.82) is 0 Å². The standard InChI is InChI=1S/C23H28N4O5S/c1-11(2)8-9-27-19-13-7-6-12(10-13)16(19)20(28)17(23(27)30)22-25-18-14(21(24)29)4-3-5-15(18)33(31,32)26-22/h3-5,11-13,16,19,28H,6-10H2,1-2H3,(H2,24,29)(H,25,26)/t12-,13+,16+,19-/m0/s1. The molecule has 2 fully saturated rings. The molecular formula is C23H28N4O5S. The number of amides is 2. The van der Waals surface area contributed by atoms with E-state index in [0.29, 0.717) is 18.4 Å². The highest BCUT2D eigenvalue weighted by molar-refractivity contribution is 7.90. The fraction of sp³-hybridized carbons (Fsp3) is 0.522. The third-order valence-electron chi connectivity index (χ3n) is 7.49. The number of anilines is 1. The van der Waals surface area contributed by atoms with E-state index in [4.69, 9.17) is 5.73 Å². The first-order valence-electron chi connectivity index (χ1n) is 11.4. The van der Waals surface area contributed by atoms with E-state index in [-0.39, 0.29) is 51.2 Å². The van der Waals surface area contributed by atoms with E-state index in [9.17, 15) is 23.1 Å². The second kappa shape index (κ2) is 7.58. The second-order valence-corrected chi connectivity index (χ2v) is 11.4. The van der Waals surface area contributed by atoms with Crippen molar-refractivity contribution < 1.29 is 23.1 Å². The molecule has 1 aromatic rings. The molecule has 4 atom stereocenters. The molecule has 2 aliphatic heterocycles. The molecular weight excluding hydrogens is 444 g/mol. The molecule has 2 amide bonds. The summed E-state index contributed by atoms with van der Waals surface area (Å²) < 4.78 is 29.8. The maximum Gasteiger partial charge on any atom is 0.286 e. The van der Waals surface area contributed by atoms with Gasteiger partial charge in [-0.05, 0) is 55.6 Å². The van der Waals surface area contributed by atoms with Crippen LogP contribution in [-0.2, 0) is 14.8 Å². The molecule has 176 valence electrons. The molecule has 0 aromatic heterocycles. The van der Waals surface area contributed by atoms with Crippen LogP contribution in [0.3, 0.4) is 0 Å². The Kier molecular flexibility index (Phi) is 5.04. The van der Waals surface area contributed by atoms with Gasteiger partial charge in [0, 0.05) is 18.5 Å². The molecule has 2 aliphatic carbocycles. The first-order valence-corrected chi connectivity index (χ1v) is 12.8. The predicted molar refractivity (Wildman–Crippen MR) is 122 cm³/mol. The Morgan fingerprint density at radius 3 is 2.73 bits per heavy atom. The monoisotopic (exact) mass is 472 g/mol. The Hall–Kier alpha value is -2.88. The molecule has 2 bridgehead atoms. The van der Waals surface area contributed by atoms with Crippen molar-refractivity contribution in [2.75, 3.05) is 11.9 Å². The van der Waals surface area contributed by atoms with Crippen molar-refractivity contribution in [1.82, 2.24) is 4.90 Å². The molecule has 33 heavy (non-hydrogen) atoms. The number of amidine groups is 1. The summed E-state index contributed by atoms with van der Waals surface area (Å²) in [5, 5.41) is 14.1. The lowest BCUT2D eigenvalue weighted by Gasteiger charge is -2.44. The maximum atomic E-state index is 13.7. The van der Waals surface area contributed by atoms with Crippen LogP contribution in [0.2, 0.25) is 0 Å². The number of fused-ring (bicyclic) bond motifs is 6. The van der Waals surface area contributed by atoms with Crippen LogP contribution in [0.1, 0.15) is 49.9 Å². The van der Waals surface area contributed by atoms with Crippen molar-refractivity contribution in [2.24, 2.45) is 33.8 Å². The molecule has 1 aromatic carbocycles. The Balaban J connectivity index is 1.63. The molecule has 4 aliphatic rings. The minimum Gasteiger partial charge on any atom is -0.511 e. The zero-order chi connectivity index (χ0) is 23.7. The number of carbonyl (C=O) groups excluding carboxylic acids is 2. The molecule has 5 rings (SSSR count). The zero-order valence-corrected chi connectivity index (χ0v) is 19.4. The van der Waals surface area contributed by atoms with Gasteiger partial charge in [-0.2, -0.15) is 8.42 Å². The number of para-hydroxylation sites is 1. The second-order valence-electron chi connectivity index (χ2n) is 9.87. The largest absolute Gasteiger partial charge is 0.511 e. The van der Waals surface area contributed by atoms with Gasteiger partial charge in [-0.15, -0.1) is 4.40 Å². The highest BCUT2D eigenvalue weighted by Crippen LogP contribution is 2.55. The van der Waals surface area contributed by atoms with E-state index >= 15 is 0 Å². The topological polar surface area (TPSA) is 142 Å². The quantitative estimate of drug-likeness (QED) is 0.601. The van der Waals surface area contributed by atoms with Crippen molar-refractivity contribution in [2.45, 2.75) is 50.5 Å². The first-order chi connectivity index (χ1) is 15.6. The smallest absolute Gasteiger partial charge is 0.286 e. The summed E-state index contributed by atoms with van der Waals surface area (Å²) in [4.78, 5) is 27.3. The number of nitrogens with zero attached hydrogens (tertiary/aromatic N) is 2. The number of carbonyl (C=O) groups is 2. The summed E-state index contributed by atoms with van der Waals surface area (Å²) in [7, 11) is -4.22. The van der Waals surface area contributed by atoms with Crippen LogP contribution in [0, 0.1) is 23.7 Å². The Bertz CT molecular complexity index is 1220. The van der Waals surface area contributed by atoms with Crippen molar-refractivity contribution in [3.63, 3.8) is 0 Å². The summed E-state index contributed by atoms with van der Waals surface area (Å²) in [6.07, 6.45) is 3.75. The number of aliphatic hydroxyl groups excluding tert-OH is 1. The van der Waals surface area contributed by atoms with Gasteiger partial charge in [-0.1, -0.05) is 19.9 Å². The van der Waals surface area contributed by atoms with Gasteiger partial charge in [0.2, 0.25) is 0 Å². The number of sulfonamides is 1. The summed E-state index contributed by atoms with van der Waals surface area (Å²) in [6.45, 7) is 4.70. The number of nitrogens with one attached hydrogen (secondary N) is 1. The lowest BCUT2D eigenvalue weighted by molar-refractivity contribution is -0.133. The number of hydrogen-bond acceptors (Lipinski definition) is 6. The van der Waals surface area contributed by atoms with Crippen molar-refractivity contribution in [3.05, 3.63) is 35.1 Å². The lowest BCUT2D eigenvalue weighted by atomic mass is 9.77. The summed E-state index contributed by atoms with van der Waals surface area (Å²) in [6, 6.07) is 4.06. The predicted octanol–water partition coefficient (Wildman–Crippen LogP) is 2.41. The van der Waals surface area contributed by atoms with Crippen LogP contribution < -0.4 is 11.1 Å². The van der Waals surface area contributed by atoms with E-state index < -0.39 is 21.8 Å². The minimum absolute atomic E-state index is 0.0214. The SMILES string of the molecule is CC(C)CCN1C(=O)C(C2=NS(=O)(=O)c3cccc(C(N)=O)c3N2)=C(O)[C@@H]2[C@H]3CC[C@H](C3)[C@@H]21. The van der Waals surface area contributed by atoms with E-state index in [1.165, 1.54) is 18.2 Å². The van der Waals surface area contributed by atoms with Gasteiger partial charge < -0.3 is 21.1 Å². The van der Waals surface area contributed by atoms with Gasteiger partial charge in [0.25, 0.3) is 21.8 Å². The Morgan fingerprint density at radius 1 is 1.30 bits per heavy atom. The highest BCUT2D eigenvalue weighted by Gasteiger charge is 2.57. The molecule has 0 radical (unpaired) electrons. The number of benzene rings is 1. The van der Waals surface area contributed by atoms with Crippen LogP contribution in [0.15, 0.2) is 38.8 Å². The average Bonchev–Trinajstić information content (AvgIpc) is 3.35. The highest BCUT2D eigenvalue weighted by atomic mass is 32.2. The third-order valence-corrected chi connectivity index (χ3v) is 8.81. The van der Waals surface area contributed by atoms with Crippen LogP contribution in [0.5, 0.6) is 0 Å². The molecule has 10 heteroatoms. The fourth-order valence-corrected chi connectivity index (χ4v) is 7.16. The molecule has 2 heterocycles. The number of primary amides is 1.